The monoisotopic (exact) mass is 264 g/mol. The summed E-state index contributed by atoms with van der Waals surface area (Å²) in [6.45, 7) is 6.47. The van der Waals surface area contributed by atoms with E-state index in [2.05, 4.69) is 43.2 Å². The molecular weight excluding hydrogens is 248 g/mol. The average Bonchev–Trinajstić information content (AvgIpc) is 2.73. The number of hydrogen-bond acceptors (Lipinski definition) is 4. The highest BCUT2D eigenvalue weighted by molar-refractivity contribution is 8.01. The van der Waals surface area contributed by atoms with E-state index in [0.29, 0.717) is 0 Å². The van der Waals surface area contributed by atoms with E-state index >= 15 is 0 Å². The molecule has 1 heterocycles. The first-order valence-corrected chi connectivity index (χ1v) is 7.12. The van der Waals surface area contributed by atoms with Crippen LogP contribution in [-0.2, 0) is 0 Å². The molecule has 0 fully saturated rings. The van der Waals surface area contributed by atoms with Crippen LogP contribution in [0.4, 0.5) is 5.13 Å². The lowest BCUT2D eigenvalue weighted by atomic mass is 10.1. The number of aryl methyl sites for hydroxylation is 3. The first-order valence-electron chi connectivity index (χ1n) is 5.49. The number of nitrogens with zero attached hydrogens (tertiary/aromatic N) is 1. The van der Waals surface area contributed by atoms with E-state index in [1.54, 1.807) is 23.1 Å². The molecule has 0 radical (unpaired) electrons. The third-order valence-electron chi connectivity index (χ3n) is 2.70. The topological polar surface area (TPSA) is 24.9 Å². The second-order valence-corrected chi connectivity index (χ2v) is 6.41. The van der Waals surface area contributed by atoms with Gasteiger partial charge in [-0.15, -0.1) is 0 Å². The molecule has 2 aromatic rings. The van der Waals surface area contributed by atoms with Gasteiger partial charge in [0.05, 0.1) is 10.4 Å². The summed E-state index contributed by atoms with van der Waals surface area (Å²) in [6.07, 6.45) is 1.93. The number of anilines is 1. The molecule has 2 nitrogen and oxygen atoms in total. The molecular formula is C13H16N2S2. The fourth-order valence-corrected chi connectivity index (χ4v) is 3.53. The number of thiazole rings is 1. The molecule has 0 aliphatic rings. The minimum Gasteiger partial charge on any atom is -0.365 e. The van der Waals surface area contributed by atoms with Crippen molar-refractivity contribution in [1.82, 2.24) is 4.98 Å². The van der Waals surface area contributed by atoms with Crippen LogP contribution in [-0.4, -0.2) is 12.0 Å². The summed E-state index contributed by atoms with van der Waals surface area (Å²) in [7, 11) is 1.90. The smallest absolute Gasteiger partial charge is 0.183 e. The fraction of sp³-hybridized carbons (Fsp3) is 0.308. The Balaban J connectivity index is 2.26. The summed E-state index contributed by atoms with van der Waals surface area (Å²) >= 11 is 3.48. The van der Waals surface area contributed by atoms with Gasteiger partial charge < -0.3 is 5.32 Å². The zero-order valence-electron chi connectivity index (χ0n) is 10.5. The quantitative estimate of drug-likeness (QED) is 0.896. The summed E-state index contributed by atoms with van der Waals surface area (Å²) in [5.41, 5.74) is 4.03. The van der Waals surface area contributed by atoms with Crippen LogP contribution in [0.2, 0.25) is 0 Å². The zero-order valence-corrected chi connectivity index (χ0v) is 12.1. The van der Waals surface area contributed by atoms with Crippen molar-refractivity contribution in [3.05, 3.63) is 35.0 Å². The van der Waals surface area contributed by atoms with Gasteiger partial charge >= 0.3 is 0 Å². The Morgan fingerprint density at radius 2 is 1.82 bits per heavy atom. The molecule has 1 aromatic heterocycles. The van der Waals surface area contributed by atoms with Crippen LogP contribution in [0.5, 0.6) is 0 Å². The van der Waals surface area contributed by atoms with Gasteiger partial charge in [0.25, 0.3) is 0 Å². The minimum absolute atomic E-state index is 0.967. The molecule has 0 saturated heterocycles. The molecule has 0 aliphatic carbocycles. The largest absolute Gasteiger partial charge is 0.365 e. The normalized spacial score (nSPS) is 10.6. The molecule has 1 N–H and O–H groups in total. The average molecular weight is 264 g/mol. The van der Waals surface area contributed by atoms with Crippen LogP contribution in [0.25, 0.3) is 0 Å². The Morgan fingerprint density at radius 3 is 2.47 bits per heavy atom. The van der Waals surface area contributed by atoms with Crippen molar-refractivity contribution >= 4 is 28.2 Å². The van der Waals surface area contributed by atoms with Gasteiger partial charge in [-0.25, -0.2) is 4.98 Å². The van der Waals surface area contributed by atoms with Gasteiger partial charge in [0, 0.05) is 11.9 Å². The van der Waals surface area contributed by atoms with Crippen LogP contribution in [0.1, 0.15) is 16.7 Å². The van der Waals surface area contributed by atoms with Crippen molar-refractivity contribution in [1.29, 1.82) is 0 Å². The predicted molar refractivity (Wildman–Crippen MR) is 76.4 cm³/mol. The number of aromatic nitrogens is 1. The lowest BCUT2D eigenvalue weighted by Crippen LogP contribution is -1.86. The van der Waals surface area contributed by atoms with Gasteiger partial charge in [0.2, 0.25) is 0 Å². The molecule has 0 bridgehead atoms. The highest BCUT2D eigenvalue weighted by Crippen LogP contribution is 2.36. The van der Waals surface area contributed by atoms with Crippen LogP contribution >= 0.6 is 23.1 Å². The Bertz CT molecular complexity index is 532. The van der Waals surface area contributed by atoms with Gasteiger partial charge in [-0.05, 0) is 43.5 Å². The van der Waals surface area contributed by atoms with Gasteiger partial charge in [-0.3, -0.25) is 0 Å². The fourth-order valence-electron chi connectivity index (χ4n) is 1.57. The van der Waals surface area contributed by atoms with Gasteiger partial charge in [-0.1, -0.05) is 29.2 Å². The first kappa shape index (κ1) is 12.5. The molecule has 0 unspecified atom stereocenters. The van der Waals surface area contributed by atoms with Gasteiger partial charge in [0.1, 0.15) is 0 Å². The number of hydrogen-bond donors (Lipinski definition) is 1. The van der Waals surface area contributed by atoms with E-state index < -0.39 is 0 Å². The predicted octanol–water partition coefficient (Wildman–Crippen LogP) is 4.26. The molecule has 0 saturated carbocycles. The highest BCUT2D eigenvalue weighted by Gasteiger charge is 2.06. The van der Waals surface area contributed by atoms with Crippen molar-refractivity contribution in [3.63, 3.8) is 0 Å². The van der Waals surface area contributed by atoms with Crippen LogP contribution in [0, 0.1) is 20.8 Å². The Labute approximate surface area is 110 Å². The SMILES string of the molecule is CNc1ncc(Sc2cc(C)c(C)cc2C)s1. The molecule has 0 atom stereocenters. The van der Waals surface area contributed by atoms with E-state index in [1.807, 2.05) is 13.2 Å². The van der Waals surface area contributed by atoms with Crippen LogP contribution in [0.15, 0.2) is 27.4 Å². The zero-order chi connectivity index (χ0) is 12.4. The standard InChI is InChI=1S/C13H16N2S2/c1-8-5-10(3)11(6-9(8)2)16-12-7-15-13(14-4)17-12/h5-7H,1-4H3,(H,14,15). The molecule has 1 aromatic carbocycles. The summed E-state index contributed by atoms with van der Waals surface area (Å²) in [4.78, 5) is 5.61. The lowest BCUT2D eigenvalue weighted by molar-refractivity contribution is 1.21. The molecule has 17 heavy (non-hydrogen) atoms. The van der Waals surface area contributed by atoms with Crippen molar-refractivity contribution in [2.24, 2.45) is 0 Å². The maximum atomic E-state index is 4.29. The van der Waals surface area contributed by atoms with Crippen LogP contribution < -0.4 is 5.32 Å². The highest BCUT2D eigenvalue weighted by atomic mass is 32.2. The second-order valence-electron chi connectivity index (χ2n) is 4.04. The molecule has 2 rings (SSSR count). The van der Waals surface area contributed by atoms with Gasteiger partial charge in [-0.2, -0.15) is 0 Å². The maximum absolute atomic E-state index is 4.29. The maximum Gasteiger partial charge on any atom is 0.183 e. The molecule has 0 spiro atoms. The number of benzene rings is 1. The van der Waals surface area contributed by atoms with E-state index in [1.165, 1.54) is 25.8 Å². The summed E-state index contributed by atoms with van der Waals surface area (Å²) < 4.78 is 1.22. The minimum atomic E-state index is 0.967. The Morgan fingerprint density at radius 1 is 1.12 bits per heavy atom. The summed E-state index contributed by atoms with van der Waals surface area (Å²) in [6, 6.07) is 4.51. The first-order chi connectivity index (χ1) is 8.10. The Kier molecular flexibility index (Phi) is 3.74. The van der Waals surface area contributed by atoms with E-state index in [4.69, 9.17) is 0 Å². The van der Waals surface area contributed by atoms with E-state index in [9.17, 15) is 0 Å². The molecule has 90 valence electrons. The lowest BCUT2D eigenvalue weighted by Gasteiger charge is -2.07. The van der Waals surface area contributed by atoms with E-state index in [0.717, 1.165) is 5.13 Å². The Hall–Kier alpha value is -1.00. The summed E-state index contributed by atoms with van der Waals surface area (Å²) in [5, 5.41) is 4.03. The van der Waals surface area contributed by atoms with Crippen molar-refractivity contribution in [3.8, 4) is 0 Å². The second kappa shape index (κ2) is 5.10. The van der Waals surface area contributed by atoms with Crippen molar-refractivity contribution < 1.29 is 0 Å². The van der Waals surface area contributed by atoms with Crippen molar-refractivity contribution in [2.45, 2.75) is 29.9 Å². The van der Waals surface area contributed by atoms with E-state index in [-0.39, 0.29) is 0 Å². The van der Waals surface area contributed by atoms with Crippen molar-refractivity contribution in [2.75, 3.05) is 12.4 Å². The summed E-state index contributed by atoms with van der Waals surface area (Å²) in [5.74, 6) is 0. The van der Waals surface area contributed by atoms with Crippen LogP contribution in [0.3, 0.4) is 0 Å². The molecule has 0 amide bonds. The number of nitrogens with one attached hydrogen (secondary N) is 1. The third-order valence-corrected chi connectivity index (χ3v) is 4.98. The number of rotatable bonds is 3. The molecule has 4 heteroatoms. The third kappa shape index (κ3) is 2.82. The molecule has 0 aliphatic heterocycles. The van der Waals surface area contributed by atoms with Gasteiger partial charge in [0.15, 0.2) is 5.13 Å².